The van der Waals surface area contributed by atoms with Crippen molar-refractivity contribution in [2.24, 2.45) is 0 Å². The van der Waals surface area contributed by atoms with Gasteiger partial charge >= 0.3 is 5.97 Å². The van der Waals surface area contributed by atoms with Crippen LogP contribution >= 0.6 is 0 Å². The van der Waals surface area contributed by atoms with Crippen molar-refractivity contribution in [3.05, 3.63) is 59.7 Å². The Morgan fingerprint density at radius 3 is 2.75 bits per heavy atom. The molecule has 2 N–H and O–H groups in total. The lowest BCUT2D eigenvalue weighted by Gasteiger charge is -2.21. The number of amides is 1. The Morgan fingerprint density at radius 1 is 1.21 bits per heavy atom. The zero-order chi connectivity index (χ0) is 16.9. The quantitative estimate of drug-likeness (QED) is 0.828. The van der Waals surface area contributed by atoms with Gasteiger partial charge in [-0.05, 0) is 42.7 Å². The molecule has 124 valence electrons. The lowest BCUT2D eigenvalue weighted by atomic mass is 10.0. The van der Waals surface area contributed by atoms with Crippen molar-refractivity contribution in [3.63, 3.8) is 0 Å². The van der Waals surface area contributed by atoms with Gasteiger partial charge in [0.1, 0.15) is 0 Å². The zero-order valence-corrected chi connectivity index (χ0v) is 13.5. The molecular weight excluding hydrogens is 304 g/mol. The molecule has 1 heterocycles. The number of carbonyl (C=O) groups is 2. The summed E-state index contributed by atoms with van der Waals surface area (Å²) >= 11 is 0. The largest absolute Gasteiger partial charge is 0.464 e. The van der Waals surface area contributed by atoms with E-state index < -0.39 is 6.04 Å². The van der Waals surface area contributed by atoms with Gasteiger partial charge < -0.3 is 15.4 Å². The van der Waals surface area contributed by atoms with E-state index >= 15 is 0 Å². The topological polar surface area (TPSA) is 67.4 Å². The first-order valence-electron chi connectivity index (χ1n) is 8.08. The Morgan fingerprint density at radius 2 is 2.00 bits per heavy atom. The standard InChI is InChI=1S/C19H20N2O3/c1-2-24-19(23)18(13-6-4-3-5-7-13)20-15-9-10-16-14(12-15)8-11-17(22)21-16/h3-7,9-10,12,18,20H,2,8,11H2,1H3,(H,21,22). The number of carbonyl (C=O) groups excluding carboxylic acids is 2. The van der Waals surface area contributed by atoms with Crippen LogP contribution in [0.5, 0.6) is 0 Å². The van der Waals surface area contributed by atoms with Crippen molar-refractivity contribution in [1.29, 1.82) is 0 Å². The lowest BCUT2D eigenvalue weighted by molar-refractivity contribution is -0.144. The number of anilines is 2. The van der Waals surface area contributed by atoms with Gasteiger partial charge in [-0.3, -0.25) is 4.79 Å². The minimum absolute atomic E-state index is 0.0388. The second-order valence-corrected chi connectivity index (χ2v) is 5.66. The first kappa shape index (κ1) is 16.1. The van der Waals surface area contributed by atoms with Gasteiger partial charge in [-0.15, -0.1) is 0 Å². The van der Waals surface area contributed by atoms with Crippen molar-refractivity contribution in [3.8, 4) is 0 Å². The van der Waals surface area contributed by atoms with Crippen LogP contribution in [-0.2, 0) is 20.7 Å². The van der Waals surface area contributed by atoms with Crippen LogP contribution in [0.2, 0.25) is 0 Å². The summed E-state index contributed by atoms with van der Waals surface area (Å²) in [6, 6.07) is 14.6. The first-order valence-corrected chi connectivity index (χ1v) is 8.08. The fourth-order valence-corrected chi connectivity index (χ4v) is 2.79. The van der Waals surface area contributed by atoms with Crippen LogP contribution in [0.15, 0.2) is 48.5 Å². The first-order chi connectivity index (χ1) is 11.7. The van der Waals surface area contributed by atoms with Crippen LogP contribution in [0, 0.1) is 0 Å². The van der Waals surface area contributed by atoms with Crippen LogP contribution in [0.25, 0.3) is 0 Å². The number of ether oxygens (including phenoxy) is 1. The second kappa shape index (κ2) is 7.17. The van der Waals surface area contributed by atoms with E-state index in [4.69, 9.17) is 4.74 Å². The molecule has 0 aromatic heterocycles. The van der Waals surface area contributed by atoms with E-state index in [9.17, 15) is 9.59 Å². The highest BCUT2D eigenvalue weighted by Crippen LogP contribution is 2.28. The summed E-state index contributed by atoms with van der Waals surface area (Å²) in [6.07, 6.45) is 1.18. The maximum atomic E-state index is 12.3. The maximum absolute atomic E-state index is 12.3. The molecule has 0 bridgehead atoms. The van der Waals surface area contributed by atoms with E-state index in [1.807, 2.05) is 48.5 Å². The molecule has 1 amide bonds. The fourth-order valence-electron chi connectivity index (χ4n) is 2.79. The van der Waals surface area contributed by atoms with Crippen molar-refractivity contribution >= 4 is 23.3 Å². The highest BCUT2D eigenvalue weighted by Gasteiger charge is 2.22. The molecule has 2 aromatic carbocycles. The summed E-state index contributed by atoms with van der Waals surface area (Å²) in [4.78, 5) is 23.8. The third-order valence-electron chi connectivity index (χ3n) is 3.97. The Balaban J connectivity index is 1.85. The molecule has 3 rings (SSSR count). The zero-order valence-electron chi connectivity index (χ0n) is 13.5. The van der Waals surface area contributed by atoms with Crippen LogP contribution in [0.1, 0.15) is 30.5 Å². The summed E-state index contributed by atoms with van der Waals surface area (Å²) in [6.45, 7) is 2.13. The van der Waals surface area contributed by atoms with E-state index in [-0.39, 0.29) is 11.9 Å². The molecular formula is C19H20N2O3. The van der Waals surface area contributed by atoms with Gasteiger partial charge in [-0.1, -0.05) is 30.3 Å². The minimum atomic E-state index is -0.567. The molecule has 1 aliphatic heterocycles. The molecule has 1 unspecified atom stereocenters. The number of hydrogen-bond donors (Lipinski definition) is 2. The number of nitrogens with one attached hydrogen (secondary N) is 2. The molecule has 1 aliphatic rings. The van der Waals surface area contributed by atoms with Crippen molar-refractivity contribution < 1.29 is 14.3 Å². The van der Waals surface area contributed by atoms with Crippen LogP contribution in [0.3, 0.4) is 0 Å². The third kappa shape index (κ3) is 3.56. The monoisotopic (exact) mass is 324 g/mol. The van der Waals surface area contributed by atoms with Gasteiger partial charge in [0.2, 0.25) is 5.91 Å². The van der Waals surface area contributed by atoms with E-state index in [1.54, 1.807) is 6.92 Å². The second-order valence-electron chi connectivity index (χ2n) is 5.66. The number of aryl methyl sites for hydroxylation is 1. The average molecular weight is 324 g/mol. The van der Waals surface area contributed by atoms with Gasteiger partial charge in [-0.25, -0.2) is 4.79 Å². The molecule has 0 aliphatic carbocycles. The Bertz CT molecular complexity index is 744. The number of fused-ring (bicyclic) bond motifs is 1. The maximum Gasteiger partial charge on any atom is 0.333 e. The Hall–Kier alpha value is -2.82. The SMILES string of the molecule is CCOC(=O)C(Nc1ccc2c(c1)CCC(=O)N2)c1ccccc1. The lowest BCUT2D eigenvalue weighted by Crippen LogP contribution is -2.24. The molecule has 2 aromatic rings. The fraction of sp³-hybridized carbons (Fsp3) is 0.263. The predicted octanol–water partition coefficient (Wildman–Crippen LogP) is 3.29. The molecule has 0 saturated heterocycles. The summed E-state index contributed by atoms with van der Waals surface area (Å²) in [5.41, 5.74) is 3.58. The number of hydrogen-bond acceptors (Lipinski definition) is 4. The van der Waals surface area contributed by atoms with E-state index in [0.29, 0.717) is 19.4 Å². The van der Waals surface area contributed by atoms with Crippen molar-refractivity contribution in [1.82, 2.24) is 0 Å². The van der Waals surface area contributed by atoms with Crippen molar-refractivity contribution in [2.45, 2.75) is 25.8 Å². The van der Waals surface area contributed by atoms with Gasteiger partial charge in [0.05, 0.1) is 6.61 Å². The normalized spacial score (nSPS) is 14.3. The average Bonchev–Trinajstić information content (AvgIpc) is 2.60. The van der Waals surface area contributed by atoms with Gasteiger partial charge in [0, 0.05) is 17.8 Å². The molecule has 0 radical (unpaired) electrons. The van der Waals surface area contributed by atoms with E-state index in [2.05, 4.69) is 10.6 Å². The Labute approximate surface area is 141 Å². The van der Waals surface area contributed by atoms with Gasteiger partial charge in [0.15, 0.2) is 6.04 Å². The van der Waals surface area contributed by atoms with Gasteiger partial charge in [-0.2, -0.15) is 0 Å². The van der Waals surface area contributed by atoms with Crippen LogP contribution in [0.4, 0.5) is 11.4 Å². The number of esters is 1. The highest BCUT2D eigenvalue weighted by molar-refractivity contribution is 5.94. The third-order valence-corrected chi connectivity index (χ3v) is 3.97. The van der Waals surface area contributed by atoms with Crippen LogP contribution < -0.4 is 10.6 Å². The summed E-state index contributed by atoms with van der Waals surface area (Å²) in [5.74, 6) is -0.272. The number of benzene rings is 2. The molecule has 0 saturated carbocycles. The molecule has 5 nitrogen and oxygen atoms in total. The van der Waals surface area contributed by atoms with Crippen LogP contribution in [-0.4, -0.2) is 18.5 Å². The molecule has 1 atom stereocenters. The number of rotatable bonds is 5. The summed E-state index contributed by atoms with van der Waals surface area (Å²) in [5, 5.41) is 6.11. The van der Waals surface area contributed by atoms with Gasteiger partial charge in [0.25, 0.3) is 0 Å². The molecule has 0 fully saturated rings. The smallest absolute Gasteiger partial charge is 0.333 e. The summed E-state index contributed by atoms with van der Waals surface area (Å²) in [7, 11) is 0. The van der Waals surface area contributed by atoms with E-state index in [1.165, 1.54) is 0 Å². The summed E-state index contributed by atoms with van der Waals surface area (Å²) < 4.78 is 5.20. The minimum Gasteiger partial charge on any atom is -0.464 e. The Kier molecular flexibility index (Phi) is 4.79. The molecule has 5 heteroatoms. The highest BCUT2D eigenvalue weighted by atomic mass is 16.5. The molecule has 0 spiro atoms. The van der Waals surface area contributed by atoms with Crippen molar-refractivity contribution in [2.75, 3.05) is 17.2 Å². The molecule has 24 heavy (non-hydrogen) atoms. The predicted molar refractivity (Wildman–Crippen MR) is 92.8 cm³/mol. The van der Waals surface area contributed by atoms with E-state index in [0.717, 1.165) is 22.5 Å².